The van der Waals surface area contributed by atoms with Gasteiger partial charge in [-0.3, -0.25) is 9.47 Å². The third-order valence-corrected chi connectivity index (χ3v) is 6.01. The van der Waals surface area contributed by atoms with Crippen LogP contribution in [0, 0.1) is 0 Å². The van der Waals surface area contributed by atoms with Crippen molar-refractivity contribution in [2.24, 2.45) is 0 Å². The number of nitrogens with zero attached hydrogens (tertiary/aromatic N) is 4. The topological polar surface area (TPSA) is 24.3 Å². The van der Waals surface area contributed by atoms with Crippen LogP contribution in [0.4, 0.5) is 0 Å². The Morgan fingerprint density at radius 1 is 1.00 bits per heavy atom. The molecule has 0 saturated carbocycles. The van der Waals surface area contributed by atoms with Crippen LogP contribution in [0.25, 0.3) is 29.2 Å². The van der Waals surface area contributed by atoms with E-state index in [2.05, 4.69) is 52.3 Å². The summed E-state index contributed by atoms with van der Waals surface area (Å²) in [6.45, 7) is 11.5. The number of allylic oxidation sites excluding steroid dienone is 1. The van der Waals surface area contributed by atoms with Gasteiger partial charge in [0.2, 0.25) is 0 Å². The summed E-state index contributed by atoms with van der Waals surface area (Å²) < 4.78 is 2.15. The van der Waals surface area contributed by atoms with Crippen LogP contribution in [0.5, 0.6) is 0 Å². The lowest BCUT2D eigenvalue weighted by Gasteiger charge is -2.32. The smallest absolute Gasteiger partial charge is 0.145 e. The number of likely N-dealkylation sites (N-methyl/N-ethyl adjacent to an activating group) is 1. The van der Waals surface area contributed by atoms with E-state index in [9.17, 15) is 0 Å². The predicted molar refractivity (Wildman–Crippen MR) is 132 cm³/mol. The van der Waals surface area contributed by atoms with Crippen LogP contribution < -0.4 is 0 Å². The second kappa shape index (κ2) is 9.65. The highest BCUT2D eigenvalue weighted by Crippen LogP contribution is 2.29. The summed E-state index contributed by atoms with van der Waals surface area (Å²) in [7, 11) is 2.19. The molecule has 2 heterocycles. The van der Waals surface area contributed by atoms with E-state index in [-0.39, 0.29) is 0 Å². The lowest BCUT2D eigenvalue weighted by Crippen LogP contribution is -2.43. The first-order chi connectivity index (χ1) is 15.1. The maximum absolute atomic E-state index is 6.13. The number of halogens is 1. The molecule has 1 aliphatic rings. The van der Waals surface area contributed by atoms with Gasteiger partial charge in [0.05, 0.1) is 11.4 Å². The van der Waals surface area contributed by atoms with E-state index in [1.807, 2.05) is 49.4 Å². The molecule has 160 valence electrons. The zero-order valence-corrected chi connectivity index (χ0v) is 19.0. The predicted octanol–water partition coefficient (Wildman–Crippen LogP) is 5.62. The van der Waals surface area contributed by atoms with Crippen molar-refractivity contribution in [3.8, 4) is 17.1 Å². The number of piperazine rings is 1. The van der Waals surface area contributed by atoms with Gasteiger partial charge in [-0.15, -0.1) is 0 Å². The van der Waals surface area contributed by atoms with E-state index in [1.54, 1.807) is 0 Å². The molecule has 0 radical (unpaired) electrons. The number of rotatable bonds is 6. The Kier molecular flexibility index (Phi) is 6.71. The fourth-order valence-corrected chi connectivity index (χ4v) is 4.12. The Hall–Kier alpha value is -2.66. The molecule has 1 saturated heterocycles. The van der Waals surface area contributed by atoms with Gasteiger partial charge in [-0.05, 0) is 56.0 Å². The Balaban J connectivity index is 1.68. The van der Waals surface area contributed by atoms with E-state index < -0.39 is 0 Å². The minimum Gasteiger partial charge on any atom is -0.304 e. The van der Waals surface area contributed by atoms with E-state index in [0.717, 1.165) is 61.2 Å². The first-order valence-corrected chi connectivity index (χ1v) is 11.1. The molecule has 5 heteroatoms. The molecular formula is C26H29ClN4. The van der Waals surface area contributed by atoms with Crippen LogP contribution in [0.15, 0.2) is 61.2 Å². The van der Waals surface area contributed by atoms with Gasteiger partial charge in [-0.2, -0.15) is 0 Å². The first-order valence-electron chi connectivity index (χ1n) is 10.7. The van der Waals surface area contributed by atoms with E-state index in [0.29, 0.717) is 5.02 Å². The standard InChI is InChI=1S/C26H29ClN4/c1-4-6-24-25(5-2)31(23-13-11-22(27)12-14-23)26(28-24)21-9-7-20(8-10-21)19-30-17-15-29(3)16-18-30/h4-14H,2,15-19H2,1,3H3/b6-4-. The fraction of sp³-hybridized carbons (Fsp3) is 0.269. The van der Waals surface area contributed by atoms with Crippen molar-refractivity contribution in [2.75, 3.05) is 33.2 Å². The molecule has 0 N–H and O–H groups in total. The van der Waals surface area contributed by atoms with E-state index in [4.69, 9.17) is 16.6 Å². The Morgan fingerprint density at radius 3 is 2.29 bits per heavy atom. The number of benzene rings is 2. The zero-order chi connectivity index (χ0) is 21.8. The summed E-state index contributed by atoms with van der Waals surface area (Å²) in [5, 5.41) is 0.715. The lowest BCUT2D eigenvalue weighted by atomic mass is 10.1. The van der Waals surface area contributed by atoms with E-state index in [1.165, 1.54) is 5.56 Å². The van der Waals surface area contributed by atoms with Gasteiger partial charge >= 0.3 is 0 Å². The molecule has 31 heavy (non-hydrogen) atoms. The molecule has 0 unspecified atom stereocenters. The summed E-state index contributed by atoms with van der Waals surface area (Å²) in [6.07, 6.45) is 5.89. The summed E-state index contributed by atoms with van der Waals surface area (Å²) >= 11 is 6.13. The minimum atomic E-state index is 0.715. The van der Waals surface area contributed by atoms with Crippen LogP contribution in [0.1, 0.15) is 23.9 Å². The highest BCUT2D eigenvalue weighted by atomic mass is 35.5. The van der Waals surface area contributed by atoms with Crippen molar-refractivity contribution in [3.05, 3.63) is 83.2 Å². The van der Waals surface area contributed by atoms with Crippen molar-refractivity contribution in [2.45, 2.75) is 13.5 Å². The molecule has 0 bridgehead atoms. The highest BCUT2D eigenvalue weighted by molar-refractivity contribution is 6.30. The molecule has 3 aromatic rings. The number of imidazole rings is 1. The van der Waals surface area contributed by atoms with Gasteiger partial charge < -0.3 is 4.90 Å². The van der Waals surface area contributed by atoms with Crippen LogP contribution in [-0.2, 0) is 6.54 Å². The monoisotopic (exact) mass is 432 g/mol. The molecule has 0 amide bonds. The van der Waals surface area contributed by atoms with Crippen LogP contribution in [0.2, 0.25) is 5.02 Å². The van der Waals surface area contributed by atoms with Crippen molar-refractivity contribution in [3.63, 3.8) is 0 Å². The molecule has 0 spiro atoms. The number of hydrogen-bond acceptors (Lipinski definition) is 3. The molecule has 2 aromatic carbocycles. The summed E-state index contributed by atoms with van der Waals surface area (Å²) in [5.41, 5.74) is 5.30. The van der Waals surface area contributed by atoms with Crippen LogP contribution in [0.3, 0.4) is 0 Å². The Bertz CT molecular complexity index is 1060. The summed E-state index contributed by atoms with van der Waals surface area (Å²) in [4.78, 5) is 9.85. The fourth-order valence-electron chi connectivity index (χ4n) is 3.99. The molecular weight excluding hydrogens is 404 g/mol. The second-order valence-corrected chi connectivity index (χ2v) is 8.43. The average molecular weight is 433 g/mol. The number of aromatic nitrogens is 2. The third-order valence-electron chi connectivity index (χ3n) is 5.76. The first kappa shape index (κ1) is 21.6. The van der Waals surface area contributed by atoms with Gasteiger partial charge in [0.1, 0.15) is 5.82 Å². The quantitative estimate of drug-likeness (QED) is 0.505. The van der Waals surface area contributed by atoms with Gasteiger partial charge in [-0.1, -0.05) is 48.5 Å². The van der Waals surface area contributed by atoms with Gasteiger partial charge in [0, 0.05) is 49.0 Å². The lowest BCUT2D eigenvalue weighted by molar-refractivity contribution is 0.148. The van der Waals surface area contributed by atoms with Crippen molar-refractivity contribution in [1.82, 2.24) is 19.4 Å². The minimum absolute atomic E-state index is 0.715. The largest absolute Gasteiger partial charge is 0.304 e. The highest BCUT2D eigenvalue weighted by Gasteiger charge is 2.18. The summed E-state index contributed by atoms with van der Waals surface area (Å²) in [5.74, 6) is 0.900. The summed E-state index contributed by atoms with van der Waals surface area (Å²) in [6, 6.07) is 16.6. The Labute approximate surface area is 190 Å². The maximum Gasteiger partial charge on any atom is 0.145 e. The molecule has 4 nitrogen and oxygen atoms in total. The van der Waals surface area contributed by atoms with E-state index >= 15 is 0 Å². The normalized spacial score (nSPS) is 15.6. The molecule has 1 aromatic heterocycles. The third kappa shape index (κ3) is 4.82. The van der Waals surface area contributed by atoms with Gasteiger partial charge in [0.25, 0.3) is 0 Å². The zero-order valence-electron chi connectivity index (χ0n) is 18.3. The van der Waals surface area contributed by atoms with Gasteiger partial charge in [-0.25, -0.2) is 4.98 Å². The molecule has 1 aliphatic heterocycles. The molecule has 4 rings (SSSR count). The van der Waals surface area contributed by atoms with Crippen LogP contribution >= 0.6 is 11.6 Å². The molecule has 1 fully saturated rings. The second-order valence-electron chi connectivity index (χ2n) is 8.00. The molecule has 0 aliphatic carbocycles. The number of hydrogen-bond donors (Lipinski definition) is 0. The van der Waals surface area contributed by atoms with Crippen molar-refractivity contribution < 1.29 is 0 Å². The van der Waals surface area contributed by atoms with Crippen molar-refractivity contribution >= 4 is 23.8 Å². The SMILES string of the molecule is C=Cc1c(/C=C\C)nc(-c2ccc(CN3CCN(C)CC3)cc2)n1-c1ccc(Cl)cc1. The van der Waals surface area contributed by atoms with Crippen molar-refractivity contribution in [1.29, 1.82) is 0 Å². The van der Waals surface area contributed by atoms with Gasteiger partial charge in [0.15, 0.2) is 0 Å². The van der Waals surface area contributed by atoms with Crippen LogP contribution in [-0.4, -0.2) is 52.6 Å². The maximum atomic E-state index is 6.13. The average Bonchev–Trinajstić information content (AvgIpc) is 3.15. The molecule has 0 atom stereocenters. The Morgan fingerprint density at radius 2 is 1.68 bits per heavy atom.